The van der Waals surface area contributed by atoms with E-state index in [4.69, 9.17) is 0 Å². The fourth-order valence-corrected chi connectivity index (χ4v) is 5.49. The Bertz CT molecular complexity index is 777. The van der Waals surface area contributed by atoms with Gasteiger partial charge >= 0.3 is 0 Å². The van der Waals surface area contributed by atoms with Crippen LogP contribution in [-0.4, -0.2) is 140 Å². The van der Waals surface area contributed by atoms with Gasteiger partial charge in [0.2, 0.25) is 35.4 Å². The molecule has 0 atom stereocenters. The number of hydroxylamine groups is 6. The summed E-state index contributed by atoms with van der Waals surface area (Å²) in [6.07, 6.45) is -0.708. The van der Waals surface area contributed by atoms with Crippen molar-refractivity contribution in [2.45, 2.75) is 38.5 Å². The lowest BCUT2D eigenvalue weighted by Gasteiger charge is -2.15. The van der Waals surface area contributed by atoms with Crippen molar-refractivity contribution in [2.75, 3.05) is 73.8 Å². The number of rotatable bonds is 0. The van der Waals surface area contributed by atoms with E-state index >= 15 is 0 Å². The highest BCUT2D eigenvalue weighted by Gasteiger charge is 2.16. The summed E-state index contributed by atoms with van der Waals surface area (Å²) in [6, 6.07) is 0. The molecule has 6 amide bonds. The van der Waals surface area contributed by atoms with Crippen LogP contribution < -0.4 is 16.0 Å². The van der Waals surface area contributed by atoms with Gasteiger partial charge in [-0.3, -0.25) is 44.4 Å². The molecule has 1 fully saturated rings. The van der Waals surface area contributed by atoms with Gasteiger partial charge in [0.1, 0.15) is 0 Å². The molecule has 0 spiro atoms. The van der Waals surface area contributed by atoms with Gasteiger partial charge in [0, 0.05) is 92.7 Å². The zero-order valence-corrected chi connectivity index (χ0v) is 26.0. The Balaban J connectivity index is 2.49. The third kappa shape index (κ3) is 19.0. The van der Waals surface area contributed by atoms with Gasteiger partial charge in [-0.05, 0) is 0 Å². The molecule has 1 saturated heterocycles. The van der Waals surface area contributed by atoms with E-state index < -0.39 is 17.7 Å². The second-order valence-corrected chi connectivity index (χ2v) is 12.6. The average Bonchev–Trinajstić information content (AvgIpc) is 2.97. The minimum Gasteiger partial charge on any atom is -0.355 e. The summed E-state index contributed by atoms with van der Waals surface area (Å²) >= 11 is 4.22. The molecule has 0 aliphatic carbocycles. The molecule has 0 bridgehead atoms. The lowest BCUT2D eigenvalue weighted by molar-refractivity contribution is -0.164. The van der Waals surface area contributed by atoms with Crippen LogP contribution in [0.2, 0.25) is 0 Å². The lowest BCUT2D eigenvalue weighted by Crippen LogP contribution is -2.33. The molecule has 0 aromatic carbocycles. The fraction of sp³-hybridized carbons (Fsp3) is 0.750. The van der Waals surface area contributed by atoms with E-state index in [1.807, 2.05) is 0 Å². The monoisotopic (exact) mass is 654 g/mol. The summed E-state index contributed by atoms with van der Waals surface area (Å²) in [6.45, 7) is 1.18. The maximum absolute atomic E-state index is 12.0. The molecule has 1 aliphatic heterocycles. The summed E-state index contributed by atoms with van der Waals surface area (Å²) in [4.78, 5) is 71.9. The van der Waals surface area contributed by atoms with Gasteiger partial charge in [0.05, 0.1) is 19.6 Å². The number of amides is 6. The minimum atomic E-state index is -0.582. The van der Waals surface area contributed by atoms with E-state index in [1.54, 1.807) is 0 Å². The maximum atomic E-state index is 12.0. The van der Waals surface area contributed by atoms with Gasteiger partial charge in [-0.15, -0.1) is 0 Å². The molecule has 0 aromatic heterocycles. The van der Waals surface area contributed by atoms with E-state index in [0.717, 1.165) is 0 Å². The van der Waals surface area contributed by atoms with E-state index in [1.165, 1.54) is 35.3 Å². The largest absolute Gasteiger partial charge is 0.355 e. The van der Waals surface area contributed by atoms with Crippen molar-refractivity contribution >= 4 is 70.7 Å². The number of nitrogens with one attached hydrogen (secondary N) is 3. The molecule has 240 valence electrons. The Morgan fingerprint density at radius 2 is 0.690 bits per heavy atom. The van der Waals surface area contributed by atoms with E-state index in [9.17, 15) is 44.4 Å². The van der Waals surface area contributed by atoms with Crippen LogP contribution in [0.3, 0.4) is 0 Å². The van der Waals surface area contributed by atoms with Crippen molar-refractivity contribution in [3.8, 4) is 0 Å². The molecular weight excluding hydrogens is 612 g/mol. The SMILES string of the molecule is O=C1CCC(=O)N(O)CCSCCNC(=O)CCC(=O)N(O)CCSCCNC(=O)CCC(=O)N(O)CCSCCN1. The van der Waals surface area contributed by atoms with Crippen molar-refractivity contribution < 1.29 is 44.4 Å². The molecule has 1 heterocycles. The Kier molecular flexibility index (Phi) is 20.9. The highest BCUT2D eigenvalue weighted by molar-refractivity contribution is 7.99. The molecule has 0 saturated carbocycles. The van der Waals surface area contributed by atoms with Gasteiger partial charge in [0.15, 0.2) is 0 Å². The van der Waals surface area contributed by atoms with Crippen LogP contribution >= 0.6 is 35.3 Å². The second-order valence-electron chi connectivity index (χ2n) is 8.94. The quantitative estimate of drug-likeness (QED) is 0.184. The zero-order chi connectivity index (χ0) is 31.2. The average molecular weight is 655 g/mol. The standard InChI is InChI=1S/C24H42N6O9S3/c31-19-1-4-22(34)28(37)10-16-41-14-8-26-20(32)3-6-24(36)30(39)12-18-42-15-9-27-21(33)2-5-23(35)29(38)11-17-40-13-7-25-19/h37-39H,1-18H2,(H,25,31)(H,26,32)(H,27,33). The maximum Gasteiger partial charge on any atom is 0.246 e. The Labute approximate surface area is 258 Å². The predicted molar refractivity (Wildman–Crippen MR) is 159 cm³/mol. The predicted octanol–water partition coefficient (Wildman–Crippen LogP) is -0.458. The number of nitrogens with zero attached hydrogens (tertiary/aromatic N) is 3. The fourth-order valence-electron chi connectivity index (χ4n) is 3.23. The lowest BCUT2D eigenvalue weighted by atomic mass is 10.3. The van der Waals surface area contributed by atoms with Crippen LogP contribution in [0.4, 0.5) is 0 Å². The zero-order valence-electron chi connectivity index (χ0n) is 23.6. The summed E-state index contributed by atoms with van der Waals surface area (Å²) in [5.74, 6) is 0.0666. The van der Waals surface area contributed by atoms with Crippen LogP contribution in [0.25, 0.3) is 0 Å². The molecule has 1 rings (SSSR count). The van der Waals surface area contributed by atoms with Crippen LogP contribution in [0, 0.1) is 0 Å². The van der Waals surface area contributed by atoms with E-state index in [0.29, 0.717) is 69.3 Å². The van der Waals surface area contributed by atoms with Gasteiger partial charge in [-0.25, -0.2) is 15.2 Å². The number of carbonyl (C=O) groups is 6. The van der Waals surface area contributed by atoms with Crippen molar-refractivity contribution in [1.29, 1.82) is 0 Å². The molecule has 1 aliphatic rings. The van der Waals surface area contributed by atoms with Crippen LogP contribution in [0.5, 0.6) is 0 Å². The first-order valence-corrected chi connectivity index (χ1v) is 17.1. The second kappa shape index (κ2) is 23.2. The highest BCUT2D eigenvalue weighted by Crippen LogP contribution is 2.05. The first kappa shape index (κ1) is 37.8. The molecule has 42 heavy (non-hydrogen) atoms. The van der Waals surface area contributed by atoms with E-state index in [2.05, 4.69) is 16.0 Å². The molecular formula is C24H42N6O9S3. The molecule has 18 heteroatoms. The third-order valence-corrected chi connectivity index (χ3v) is 8.50. The van der Waals surface area contributed by atoms with Gasteiger partial charge < -0.3 is 16.0 Å². The number of hydrogen-bond donors (Lipinski definition) is 6. The highest BCUT2D eigenvalue weighted by atomic mass is 32.2. The summed E-state index contributed by atoms with van der Waals surface area (Å²) < 4.78 is 0. The smallest absolute Gasteiger partial charge is 0.246 e. The van der Waals surface area contributed by atoms with E-state index in [-0.39, 0.29) is 75.9 Å². The minimum absolute atomic E-state index is 0.0615. The first-order valence-electron chi connectivity index (χ1n) is 13.6. The normalized spacial score (nSPS) is 21.4. The summed E-state index contributed by atoms with van der Waals surface area (Å²) in [7, 11) is 0. The summed E-state index contributed by atoms with van der Waals surface area (Å²) in [5, 5.41) is 39.3. The van der Waals surface area contributed by atoms with Crippen molar-refractivity contribution in [2.24, 2.45) is 0 Å². The number of thioether (sulfide) groups is 3. The van der Waals surface area contributed by atoms with Crippen LogP contribution in [0.15, 0.2) is 0 Å². The third-order valence-electron chi connectivity index (χ3n) is 5.61. The number of hydrogen-bond acceptors (Lipinski definition) is 12. The van der Waals surface area contributed by atoms with Gasteiger partial charge in [-0.1, -0.05) is 0 Å². The Morgan fingerprint density at radius 1 is 0.429 bits per heavy atom. The molecule has 0 radical (unpaired) electrons. The topological polar surface area (TPSA) is 209 Å². The summed E-state index contributed by atoms with van der Waals surface area (Å²) in [5.41, 5.74) is 0. The molecule has 15 nitrogen and oxygen atoms in total. The van der Waals surface area contributed by atoms with Crippen LogP contribution in [0.1, 0.15) is 38.5 Å². The Hall–Kier alpha value is -2.25. The van der Waals surface area contributed by atoms with Crippen molar-refractivity contribution in [3.63, 3.8) is 0 Å². The molecule has 0 unspecified atom stereocenters. The number of carbonyl (C=O) groups excluding carboxylic acids is 6. The van der Waals surface area contributed by atoms with Crippen LogP contribution in [-0.2, 0) is 28.8 Å². The first-order chi connectivity index (χ1) is 20.1. The van der Waals surface area contributed by atoms with Crippen molar-refractivity contribution in [1.82, 2.24) is 31.1 Å². The van der Waals surface area contributed by atoms with Gasteiger partial charge in [-0.2, -0.15) is 35.3 Å². The van der Waals surface area contributed by atoms with Crippen molar-refractivity contribution in [3.05, 3.63) is 0 Å². The Morgan fingerprint density at radius 3 is 0.952 bits per heavy atom. The van der Waals surface area contributed by atoms with Gasteiger partial charge in [0.25, 0.3) is 0 Å². The molecule has 0 aromatic rings. The molecule has 6 N–H and O–H groups in total.